The molecule has 0 rings (SSSR count). The van der Waals surface area contributed by atoms with Crippen molar-refractivity contribution >= 4 is 0 Å². The highest BCUT2D eigenvalue weighted by Gasteiger charge is 2.19. The van der Waals surface area contributed by atoms with Crippen LogP contribution in [0.3, 0.4) is 0 Å². The Morgan fingerprint density at radius 3 is 1.87 bits per heavy atom. The van der Waals surface area contributed by atoms with Gasteiger partial charge in [0.2, 0.25) is 0 Å². The van der Waals surface area contributed by atoms with Gasteiger partial charge in [0.1, 0.15) is 0 Å². The topological polar surface area (TPSA) is 20.2 Å². The third-order valence-electron chi connectivity index (χ3n) is 3.65. The van der Waals surface area contributed by atoms with E-state index in [0.29, 0.717) is 18.4 Å². The normalized spacial score (nSPS) is 17.8. The molecule has 0 bridgehead atoms. The summed E-state index contributed by atoms with van der Waals surface area (Å²) < 4.78 is 0. The van der Waals surface area contributed by atoms with Crippen molar-refractivity contribution in [2.75, 3.05) is 6.61 Å². The van der Waals surface area contributed by atoms with Crippen LogP contribution in [-0.2, 0) is 0 Å². The Kier molecular flexibility index (Phi) is 8.13. The van der Waals surface area contributed by atoms with E-state index in [1.54, 1.807) is 0 Å². The Morgan fingerprint density at radius 1 is 0.933 bits per heavy atom. The predicted molar refractivity (Wildman–Crippen MR) is 67.9 cm³/mol. The van der Waals surface area contributed by atoms with Crippen molar-refractivity contribution in [2.24, 2.45) is 23.7 Å². The molecule has 3 unspecified atom stereocenters. The van der Waals surface area contributed by atoms with Crippen molar-refractivity contribution in [3.8, 4) is 0 Å². The van der Waals surface area contributed by atoms with Crippen LogP contribution in [0, 0.1) is 23.7 Å². The Hall–Kier alpha value is -0.0400. The number of aliphatic hydroxyl groups excluding tert-OH is 1. The maximum absolute atomic E-state index is 9.26. The number of hydrogen-bond acceptors (Lipinski definition) is 1. The molecule has 0 aromatic heterocycles. The quantitative estimate of drug-likeness (QED) is 0.645. The number of aliphatic hydroxyl groups is 1. The van der Waals surface area contributed by atoms with Crippen LogP contribution >= 0.6 is 0 Å². The largest absolute Gasteiger partial charge is 0.396 e. The Labute approximate surface area is 96.3 Å². The lowest BCUT2D eigenvalue weighted by atomic mass is 9.81. The van der Waals surface area contributed by atoms with Gasteiger partial charge in [-0.1, -0.05) is 47.5 Å². The molecule has 0 amide bonds. The first-order chi connectivity index (χ1) is 7.04. The molecule has 0 aromatic carbocycles. The molecule has 1 N–H and O–H groups in total. The maximum Gasteiger partial charge on any atom is 0.0461 e. The fourth-order valence-electron chi connectivity index (χ4n) is 2.53. The number of hydrogen-bond donors (Lipinski definition) is 1. The van der Waals surface area contributed by atoms with Gasteiger partial charge in [0.15, 0.2) is 0 Å². The lowest BCUT2D eigenvalue weighted by Crippen LogP contribution is -2.19. The summed E-state index contributed by atoms with van der Waals surface area (Å²) in [4.78, 5) is 0. The molecule has 0 saturated heterocycles. The van der Waals surface area contributed by atoms with Crippen LogP contribution in [0.4, 0.5) is 0 Å². The van der Waals surface area contributed by atoms with Crippen LogP contribution in [-0.4, -0.2) is 11.7 Å². The second kappa shape index (κ2) is 8.15. The smallest absolute Gasteiger partial charge is 0.0461 e. The first-order valence-electron chi connectivity index (χ1n) is 6.65. The van der Waals surface area contributed by atoms with Gasteiger partial charge in [-0.3, -0.25) is 0 Å². The molecule has 0 aliphatic heterocycles. The fourth-order valence-corrected chi connectivity index (χ4v) is 2.53. The zero-order valence-corrected chi connectivity index (χ0v) is 11.3. The molecule has 0 aliphatic carbocycles. The zero-order chi connectivity index (χ0) is 11.8. The molecule has 0 fully saturated rings. The zero-order valence-electron chi connectivity index (χ0n) is 11.3. The maximum atomic E-state index is 9.26. The van der Waals surface area contributed by atoms with E-state index in [4.69, 9.17) is 0 Å². The van der Waals surface area contributed by atoms with Crippen molar-refractivity contribution in [1.82, 2.24) is 0 Å². The molecule has 0 heterocycles. The van der Waals surface area contributed by atoms with Crippen LogP contribution < -0.4 is 0 Å². The van der Waals surface area contributed by atoms with Gasteiger partial charge in [-0.05, 0) is 36.5 Å². The van der Waals surface area contributed by atoms with Gasteiger partial charge in [0.05, 0.1) is 0 Å². The van der Waals surface area contributed by atoms with E-state index < -0.39 is 0 Å². The van der Waals surface area contributed by atoms with Crippen molar-refractivity contribution in [3.05, 3.63) is 0 Å². The van der Waals surface area contributed by atoms with Gasteiger partial charge in [-0.2, -0.15) is 0 Å². The van der Waals surface area contributed by atoms with Gasteiger partial charge in [-0.15, -0.1) is 0 Å². The van der Waals surface area contributed by atoms with E-state index in [1.807, 2.05) is 0 Å². The monoisotopic (exact) mass is 214 g/mol. The molecule has 0 saturated carbocycles. The fraction of sp³-hybridized carbons (Fsp3) is 1.00. The molecule has 0 spiro atoms. The van der Waals surface area contributed by atoms with Crippen LogP contribution in [0.25, 0.3) is 0 Å². The molecular formula is C14H30O. The molecule has 1 heteroatoms. The third kappa shape index (κ3) is 6.19. The van der Waals surface area contributed by atoms with E-state index in [-0.39, 0.29) is 0 Å². The summed E-state index contributed by atoms with van der Waals surface area (Å²) in [5.41, 5.74) is 0. The summed E-state index contributed by atoms with van der Waals surface area (Å²) in [7, 11) is 0. The first-order valence-corrected chi connectivity index (χ1v) is 6.65. The molecule has 1 nitrogen and oxygen atoms in total. The summed E-state index contributed by atoms with van der Waals surface area (Å²) in [6.45, 7) is 11.7. The van der Waals surface area contributed by atoms with Crippen LogP contribution in [0.1, 0.15) is 60.3 Å². The minimum atomic E-state index is 0.357. The minimum absolute atomic E-state index is 0.357. The number of rotatable bonds is 8. The summed E-state index contributed by atoms with van der Waals surface area (Å²) in [6, 6.07) is 0. The molecule has 3 atom stereocenters. The molecule has 15 heavy (non-hydrogen) atoms. The van der Waals surface area contributed by atoms with E-state index in [9.17, 15) is 5.11 Å². The molecule has 92 valence electrons. The van der Waals surface area contributed by atoms with E-state index in [0.717, 1.165) is 18.3 Å². The highest BCUT2D eigenvalue weighted by atomic mass is 16.3. The molecule has 0 radical (unpaired) electrons. The Balaban J connectivity index is 4.04. The minimum Gasteiger partial charge on any atom is -0.396 e. The highest BCUT2D eigenvalue weighted by molar-refractivity contribution is 4.69. The Morgan fingerprint density at radius 2 is 1.53 bits per heavy atom. The second-order valence-electron chi connectivity index (χ2n) is 5.47. The van der Waals surface area contributed by atoms with Gasteiger partial charge in [0.25, 0.3) is 0 Å². The van der Waals surface area contributed by atoms with Crippen LogP contribution in [0.15, 0.2) is 0 Å². The second-order valence-corrected chi connectivity index (χ2v) is 5.47. The van der Waals surface area contributed by atoms with Gasteiger partial charge < -0.3 is 5.11 Å². The van der Waals surface area contributed by atoms with Crippen molar-refractivity contribution in [3.63, 3.8) is 0 Å². The summed E-state index contributed by atoms with van der Waals surface area (Å²) in [5, 5.41) is 9.26. The predicted octanol–water partition coefficient (Wildman–Crippen LogP) is 4.10. The van der Waals surface area contributed by atoms with E-state index >= 15 is 0 Å². The van der Waals surface area contributed by atoms with Crippen molar-refractivity contribution in [2.45, 2.75) is 60.3 Å². The lowest BCUT2D eigenvalue weighted by molar-refractivity contribution is 0.156. The van der Waals surface area contributed by atoms with Crippen molar-refractivity contribution in [1.29, 1.82) is 0 Å². The van der Waals surface area contributed by atoms with Crippen molar-refractivity contribution < 1.29 is 5.11 Å². The average molecular weight is 214 g/mol. The molecular weight excluding hydrogens is 184 g/mol. The Bertz CT molecular complexity index is 138. The summed E-state index contributed by atoms with van der Waals surface area (Å²) >= 11 is 0. The molecule has 0 aromatic rings. The third-order valence-corrected chi connectivity index (χ3v) is 3.65. The summed E-state index contributed by atoms with van der Waals surface area (Å²) in [5.74, 6) is 2.83. The van der Waals surface area contributed by atoms with Crippen LogP contribution in [0.5, 0.6) is 0 Å². The molecule has 0 aliphatic rings. The standard InChI is InChI=1S/C14H30O/c1-6-13(8-11(3)4)9-12(5)14(7-2)10-15/h11-15H,6-10H2,1-5H3. The van der Waals surface area contributed by atoms with Gasteiger partial charge >= 0.3 is 0 Å². The average Bonchev–Trinajstić information content (AvgIpc) is 2.17. The summed E-state index contributed by atoms with van der Waals surface area (Å²) in [6.07, 6.45) is 5.01. The van der Waals surface area contributed by atoms with Gasteiger partial charge in [0, 0.05) is 6.61 Å². The van der Waals surface area contributed by atoms with Gasteiger partial charge in [-0.25, -0.2) is 0 Å². The van der Waals surface area contributed by atoms with E-state index in [1.165, 1.54) is 19.3 Å². The lowest BCUT2D eigenvalue weighted by Gasteiger charge is -2.26. The SMILES string of the molecule is CCC(CC(C)C)CC(C)C(CC)CO. The first kappa shape index (κ1) is 15.0. The highest BCUT2D eigenvalue weighted by Crippen LogP contribution is 2.28. The van der Waals surface area contributed by atoms with E-state index in [2.05, 4.69) is 34.6 Å². The van der Waals surface area contributed by atoms with Crippen LogP contribution in [0.2, 0.25) is 0 Å².